The fourth-order valence-corrected chi connectivity index (χ4v) is 4.26. The number of aromatic nitrogens is 3. The Bertz CT molecular complexity index is 1160. The number of hydrogen-bond donors (Lipinski definition) is 1. The molecule has 3 heterocycles. The lowest BCUT2D eigenvalue weighted by Crippen LogP contribution is -2.42. The van der Waals surface area contributed by atoms with E-state index in [4.69, 9.17) is 4.74 Å². The molecule has 0 atom stereocenters. The number of benzene rings is 1. The van der Waals surface area contributed by atoms with Gasteiger partial charge in [-0.3, -0.25) is 4.98 Å². The first-order chi connectivity index (χ1) is 17.7. The fourth-order valence-electron chi connectivity index (χ4n) is 4.26. The van der Waals surface area contributed by atoms with Gasteiger partial charge < -0.3 is 19.9 Å². The molecule has 7 nitrogen and oxygen atoms in total. The predicted molar refractivity (Wildman–Crippen MR) is 142 cm³/mol. The number of rotatable bonds is 10. The number of piperidine rings is 1. The molecule has 1 fully saturated rings. The highest BCUT2D eigenvalue weighted by molar-refractivity contribution is 5.48. The Labute approximate surface area is 217 Å². The summed E-state index contributed by atoms with van der Waals surface area (Å²) < 4.78 is 32.1. The molecule has 0 bridgehead atoms. The second kappa shape index (κ2) is 11.5. The van der Waals surface area contributed by atoms with Gasteiger partial charge >= 0.3 is 0 Å². The number of nitrogens with one attached hydrogen (secondary N) is 1. The number of halogens is 2. The van der Waals surface area contributed by atoms with Crippen LogP contribution in [0.4, 0.5) is 20.3 Å². The summed E-state index contributed by atoms with van der Waals surface area (Å²) in [5, 5.41) is 11.5. The Hall–Kier alpha value is -3.75. The van der Waals surface area contributed by atoms with Crippen LogP contribution in [0, 0.1) is 0 Å². The van der Waals surface area contributed by atoms with Gasteiger partial charge in [0.15, 0.2) is 0 Å². The van der Waals surface area contributed by atoms with Crippen LogP contribution in [0.3, 0.4) is 0 Å². The molecule has 2 aromatic heterocycles. The van der Waals surface area contributed by atoms with Crippen LogP contribution in [0.2, 0.25) is 0 Å². The van der Waals surface area contributed by atoms with E-state index in [0.29, 0.717) is 29.8 Å². The van der Waals surface area contributed by atoms with Crippen LogP contribution in [0.25, 0.3) is 0 Å². The summed E-state index contributed by atoms with van der Waals surface area (Å²) in [7, 11) is 2.13. The highest BCUT2D eigenvalue weighted by Gasteiger charge is 2.25. The summed E-state index contributed by atoms with van der Waals surface area (Å²) in [5.74, 6) is -1.98. The zero-order valence-corrected chi connectivity index (χ0v) is 21.6. The Kier molecular flexibility index (Phi) is 8.21. The van der Waals surface area contributed by atoms with Crippen molar-refractivity contribution in [1.82, 2.24) is 20.1 Å². The Balaban J connectivity index is 1.22. The monoisotopic (exact) mass is 508 g/mol. The van der Waals surface area contributed by atoms with Crippen LogP contribution in [0.5, 0.6) is 5.88 Å². The molecule has 1 aromatic carbocycles. The standard InChI is InChI=1S/C28H34F2N6O/c1-20(2)35(4)23-13-15-36(16-14-23)24-8-5-21(6-9-24)17-32-26-11-12-27(34-33-26)37-19-22-7-10-25(31-18-22)28(3,29)30/h5-12,18,23H,1,13-17,19H2,2-4H3,(H,32,33). The van der Waals surface area contributed by atoms with Gasteiger partial charge in [0.05, 0.1) is 0 Å². The highest BCUT2D eigenvalue weighted by atomic mass is 19.3. The predicted octanol–water partition coefficient (Wildman–Crippen LogP) is 5.61. The topological polar surface area (TPSA) is 66.4 Å². The van der Waals surface area contributed by atoms with E-state index in [2.05, 4.69) is 75.1 Å². The largest absolute Gasteiger partial charge is 0.472 e. The van der Waals surface area contributed by atoms with Crippen molar-refractivity contribution in [2.45, 2.75) is 51.8 Å². The van der Waals surface area contributed by atoms with Crippen LogP contribution >= 0.6 is 0 Å². The SMILES string of the molecule is C=C(C)N(C)C1CCN(c2ccc(CNc3ccc(OCc4ccc(C(C)(F)F)nc4)nn3)cc2)CC1. The van der Waals surface area contributed by atoms with Crippen molar-refractivity contribution in [2.75, 3.05) is 30.4 Å². The average Bonchev–Trinajstić information content (AvgIpc) is 2.91. The Morgan fingerprint density at radius 2 is 1.78 bits per heavy atom. The molecule has 0 radical (unpaired) electrons. The third-order valence-electron chi connectivity index (χ3n) is 6.69. The molecule has 0 aliphatic carbocycles. The van der Waals surface area contributed by atoms with Gasteiger partial charge in [0.1, 0.15) is 18.1 Å². The molecule has 1 N–H and O–H groups in total. The average molecular weight is 509 g/mol. The normalized spacial score (nSPS) is 14.4. The first kappa shape index (κ1) is 26.3. The maximum absolute atomic E-state index is 13.3. The summed E-state index contributed by atoms with van der Waals surface area (Å²) in [6.07, 6.45) is 3.64. The lowest BCUT2D eigenvalue weighted by Gasteiger charge is -2.39. The summed E-state index contributed by atoms with van der Waals surface area (Å²) in [5.41, 5.74) is 3.91. The van der Waals surface area contributed by atoms with Crippen molar-refractivity contribution >= 4 is 11.5 Å². The Morgan fingerprint density at radius 3 is 2.35 bits per heavy atom. The van der Waals surface area contributed by atoms with E-state index in [-0.39, 0.29) is 12.3 Å². The number of alkyl halides is 2. The van der Waals surface area contributed by atoms with Gasteiger partial charge in [0.2, 0.25) is 5.88 Å². The lowest BCUT2D eigenvalue weighted by molar-refractivity contribution is 0.0127. The van der Waals surface area contributed by atoms with Crippen molar-refractivity contribution in [3.8, 4) is 5.88 Å². The Morgan fingerprint density at radius 1 is 1.08 bits per heavy atom. The van der Waals surface area contributed by atoms with Gasteiger partial charge in [0, 0.05) is 68.9 Å². The molecule has 0 saturated carbocycles. The minimum atomic E-state index is -2.96. The fraction of sp³-hybridized carbons (Fsp3) is 0.393. The van der Waals surface area contributed by atoms with Gasteiger partial charge in [-0.2, -0.15) is 8.78 Å². The lowest BCUT2D eigenvalue weighted by atomic mass is 10.0. The molecule has 1 aliphatic heterocycles. The summed E-state index contributed by atoms with van der Waals surface area (Å²) in [4.78, 5) is 8.52. The molecule has 1 aliphatic rings. The molecule has 196 valence electrons. The maximum atomic E-state index is 13.3. The van der Waals surface area contributed by atoms with Gasteiger partial charge in [0.25, 0.3) is 5.92 Å². The van der Waals surface area contributed by atoms with E-state index in [1.54, 1.807) is 18.2 Å². The highest BCUT2D eigenvalue weighted by Crippen LogP contribution is 2.25. The summed E-state index contributed by atoms with van der Waals surface area (Å²) in [6, 6.07) is 15.6. The smallest absolute Gasteiger partial charge is 0.286 e. The van der Waals surface area contributed by atoms with Gasteiger partial charge in [-0.25, -0.2) is 0 Å². The van der Waals surface area contributed by atoms with E-state index in [9.17, 15) is 8.78 Å². The van der Waals surface area contributed by atoms with Crippen molar-refractivity contribution in [3.05, 3.63) is 83.8 Å². The van der Waals surface area contributed by atoms with E-state index in [1.165, 1.54) is 18.0 Å². The number of pyridine rings is 1. The van der Waals surface area contributed by atoms with Crippen LogP contribution in [0.15, 0.2) is 67.0 Å². The van der Waals surface area contributed by atoms with Gasteiger partial charge in [-0.1, -0.05) is 24.8 Å². The van der Waals surface area contributed by atoms with Crippen LogP contribution < -0.4 is 15.0 Å². The van der Waals surface area contributed by atoms with Crippen LogP contribution in [-0.4, -0.2) is 46.3 Å². The second-order valence-electron chi connectivity index (χ2n) is 9.57. The van der Waals surface area contributed by atoms with Crippen molar-refractivity contribution in [2.24, 2.45) is 0 Å². The van der Waals surface area contributed by atoms with E-state index < -0.39 is 5.92 Å². The summed E-state index contributed by atoms with van der Waals surface area (Å²) >= 11 is 0. The molecule has 0 unspecified atom stereocenters. The molecule has 4 rings (SSSR count). The zero-order valence-electron chi connectivity index (χ0n) is 21.6. The molecular formula is C28H34F2N6O. The van der Waals surface area contributed by atoms with Gasteiger partial charge in [-0.15, -0.1) is 10.2 Å². The summed E-state index contributed by atoms with van der Waals surface area (Å²) in [6.45, 7) is 9.82. The molecule has 37 heavy (non-hydrogen) atoms. The third kappa shape index (κ3) is 7.15. The minimum Gasteiger partial charge on any atom is -0.472 e. The zero-order chi connectivity index (χ0) is 26.4. The number of hydrogen-bond acceptors (Lipinski definition) is 7. The van der Waals surface area contributed by atoms with Crippen LogP contribution in [0.1, 0.15) is 43.5 Å². The van der Waals surface area contributed by atoms with E-state index in [1.807, 2.05) is 0 Å². The number of anilines is 2. The maximum Gasteiger partial charge on any atom is 0.286 e. The third-order valence-corrected chi connectivity index (χ3v) is 6.69. The number of allylic oxidation sites excluding steroid dienone is 1. The molecule has 1 saturated heterocycles. The van der Waals surface area contributed by atoms with Crippen molar-refractivity contribution < 1.29 is 13.5 Å². The molecule has 0 amide bonds. The van der Waals surface area contributed by atoms with Crippen LogP contribution in [-0.2, 0) is 19.1 Å². The van der Waals surface area contributed by atoms with E-state index in [0.717, 1.165) is 44.1 Å². The molecular weight excluding hydrogens is 474 g/mol. The van der Waals surface area contributed by atoms with Crippen molar-refractivity contribution in [1.29, 1.82) is 0 Å². The quantitative estimate of drug-likeness (QED) is 0.382. The van der Waals surface area contributed by atoms with E-state index >= 15 is 0 Å². The van der Waals surface area contributed by atoms with Gasteiger partial charge in [-0.05, 0) is 49.6 Å². The first-order valence-corrected chi connectivity index (χ1v) is 12.4. The second-order valence-corrected chi connectivity index (χ2v) is 9.57. The number of nitrogens with zero attached hydrogens (tertiary/aromatic N) is 5. The molecule has 9 heteroatoms. The first-order valence-electron chi connectivity index (χ1n) is 12.4. The number of ether oxygens (including phenoxy) is 1. The minimum absolute atomic E-state index is 0.165. The molecule has 0 spiro atoms. The van der Waals surface area contributed by atoms with Crippen molar-refractivity contribution in [3.63, 3.8) is 0 Å². The molecule has 3 aromatic rings.